The Morgan fingerprint density at radius 1 is 1.35 bits per heavy atom. The molecule has 0 aromatic carbocycles. The molecule has 0 unspecified atom stereocenters. The molecule has 126 valence electrons. The van der Waals surface area contributed by atoms with Gasteiger partial charge in [-0.15, -0.1) is 0 Å². The van der Waals surface area contributed by atoms with Gasteiger partial charge in [-0.1, -0.05) is 19.0 Å². The van der Waals surface area contributed by atoms with Crippen LogP contribution in [0.2, 0.25) is 0 Å². The summed E-state index contributed by atoms with van der Waals surface area (Å²) in [6.07, 6.45) is 0. The maximum absolute atomic E-state index is 12.5. The first-order valence-corrected chi connectivity index (χ1v) is 7.79. The van der Waals surface area contributed by atoms with Crippen molar-refractivity contribution < 1.29 is 14.1 Å². The number of ether oxygens (including phenoxy) is 1. The maximum atomic E-state index is 12.5. The lowest BCUT2D eigenvalue weighted by molar-refractivity contribution is 0.0955. The average Bonchev–Trinajstić information content (AvgIpc) is 2.91. The number of hydrogen-bond acceptors (Lipinski definition) is 6. The van der Waals surface area contributed by atoms with Crippen LogP contribution in [0.1, 0.15) is 41.5 Å². The van der Waals surface area contributed by atoms with Gasteiger partial charge in [-0.05, 0) is 18.9 Å². The molecule has 7 nitrogen and oxygen atoms in total. The predicted molar refractivity (Wildman–Crippen MR) is 87.7 cm³/mol. The molecule has 0 aliphatic carbocycles. The van der Waals surface area contributed by atoms with Gasteiger partial charge in [0.15, 0.2) is 0 Å². The van der Waals surface area contributed by atoms with Gasteiger partial charge < -0.3 is 19.9 Å². The second-order valence-electron chi connectivity index (χ2n) is 5.70. The molecular weight excluding hydrogens is 296 g/mol. The number of nitrogens with one attached hydrogen (secondary N) is 2. The van der Waals surface area contributed by atoms with E-state index in [2.05, 4.69) is 20.8 Å². The van der Waals surface area contributed by atoms with Gasteiger partial charge in [0.2, 0.25) is 0 Å². The van der Waals surface area contributed by atoms with Crippen molar-refractivity contribution in [2.75, 3.05) is 33.4 Å². The number of nitrogens with zero attached hydrogens (tertiary/aromatic N) is 2. The third kappa shape index (κ3) is 4.27. The monoisotopic (exact) mass is 320 g/mol. The number of methoxy groups -OCH3 is 1. The van der Waals surface area contributed by atoms with Crippen molar-refractivity contribution in [3.8, 4) is 0 Å². The molecule has 0 aliphatic rings. The Balaban J connectivity index is 2.11. The standard InChI is InChI=1S/C16H24N4O3/c1-10(2)13-9-12(14-11(3)20-23-16(14)19-13)15(21)18-6-5-17-7-8-22-4/h9-10,17H,5-8H2,1-4H3,(H,18,21). The van der Waals surface area contributed by atoms with Crippen molar-refractivity contribution in [2.45, 2.75) is 26.7 Å². The fourth-order valence-electron chi connectivity index (χ4n) is 2.25. The van der Waals surface area contributed by atoms with Crippen LogP contribution in [0.25, 0.3) is 11.1 Å². The zero-order valence-corrected chi connectivity index (χ0v) is 14.1. The van der Waals surface area contributed by atoms with Crippen LogP contribution in [-0.4, -0.2) is 49.4 Å². The zero-order valence-electron chi connectivity index (χ0n) is 14.1. The Hall–Kier alpha value is -1.99. The maximum Gasteiger partial charge on any atom is 0.259 e. The molecule has 7 heteroatoms. The molecule has 2 heterocycles. The van der Waals surface area contributed by atoms with E-state index in [9.17, 15) is 4.79 Å². The van der Waals surface area contributed by atoms with E-state index in [0.717, 1.165) is 12.2 Å². The van der Waals surface area contributed by atoms with Crippen molar-refractivity contribution in [2.24, 2.45) is 0 Å². The molecule has 0 radical (unpaired) electrons. The van der Waals surface area contributed by atoms with E-state index in [1.165, 1.54) is 0 Å². The Labute approximate surface area is 135 Å². The van der Waals surface area contributed by atoms with Crippen LogP contribution in [-0.2, 0) is 4.74 Å². The molecule has 0 aliphatic heterocycles. The van der Waals surface area contributed by atoms with E-state index in [-0.39, 0.29) is 11.8 Å². The fraction of sp³-hybridized carbons (Fsp3) is 0.562. The Kier molecular flexibility index (Phi) is 6.06. The van der Waals surface area contributed by atoms with Crippen molar-refractivity contribution in [1.82, 2.24) is 20.8 Å². The molecule has 2 aromatic heterocycles. The van der Waals surface area contributed by atoms with Crippen molar-refractivity contribution in [1.29, 1.82) is 0 Å². The smallest absolute Gasteiger partial charge is 0.259 e. The van der Waals surface area contributed by atoms with Gasteiger partial charge in [-0.25, -0.2) is 4.98 Å². The van der Waals surface area contributed by atoms with Crippen LogP contribution in [0.5, 0.6) is 0 Å². The zero-order chi connectivity index (χ0) is 16.8. The summed E-state index contributed by atoms with van der Waals surface area (Å²) in [5.41, 5.74) is 2.47. The molecule has 2 rings (SSSR count). The summed E-state index contributed by atoms with van der Waals surface area (Å²) in [4.78, 5) is 16.9. The first-order valence-electron chi connectivity index (χ1n) is 7.79. The largest absolute Gasteiger partial charge is 0.383 e. The van der Waals surface area contributed by atoms with Gasteiger partial charge in [-0.3, -0.25) is 4.79 Å². The topological polar surface area (TPSA) is 89.3 Å². The van der Waals surface area contributed by atoms with Crippen LogP contribution in [0, 0.1) is 6.92 Å². The fourth-order valence-corrected chi connectivity index (χ4v) is 2.25. The lowest BCUT2D eigenvalue weighted by Crippen LogP contribution is -2.33. The number of aromatic nitrogens is 2. The summed E-state index contributed by atoms with van der Waals surface area (Å²) in [6.45, 7) is 8.49. The summed E-state index contributed by atoms with van der Waals surface area (Å²) in [6, 6.07) is 1.82. The number of carbonyl (C=O) groups excluding carboxylic acids is 1. The second kappa shape index (κ2) is 8.03. The SMILES string of the molecule is COCCNCCNC(=O)c1cc(C(C)C)nc2onc(C)c12. The third-order valence-corrected chi connectivity index (χ3v) is 3.54. The van der Waals surface area contributed by atoms with E-state index in [4.69, 9.17) is 9.26 Å². The van der Waals surface area contributed by atoms with E-state index < -0.39 is 0 Å². The van der Waals surface area contributed by atoms with Gasteiger partial charge in [0.05, 0.1) is 23.3 Å². The van der Waals surface area contributed by atoms with Crippen LogP contribution in [0.4, 0.5) is 0 Å². The summed E-state index contributed by atoms with van der Waals surface area (Å²) in [7, 11) is 1.66. The molecule has 0 fully saturated rings. The highest BCUT2D eigenvalue weighted by molar-refractivity contribution is 6.06. The minimum absolute atomic E-state index is 0.140. The molecule has 0 saturated carbocycles. The van der Waals surface area contributed by atoms with Crippen LogP contribution < -0.4 is 10.6 Å². The van der Waals surface area contributed by atoms with E-state index >= 15 is 0 Å². The normalized spacial score (nSPS) is 11.3. The first-order chi connectivity index (χ1) is 11.0. The molecule has 0 bridgehead atoms. The average molecular weight is 320 g/mol. The second-order valence-corrected chi connectivity index (χ2v) is 5.70. The number of pyridine rings is 1. The number of hydrogen-bond donors (Lipinski definition) is 2. The van der Waals surface area contributed by atoms with Crippen molar-refractivity contribution in [3.63, 3.8) is 0 Å². The highest BCUT2D eigenvalue weighted by Gasteiger charge is 2.19. The predicted octanol–water partition coefficient (Wildman–Crippen LogP) is 1.62. The molecule has 2 N–H and O–H groups in total. The van der Waals surface area contributed by atoms with E-state index in [0.29, 0.717) is 42.1 Å². The quantitative estimate of drug-likeness (QED) is 0.719. The first kappa shape index (κ1) is 17.4. The van der Waals surface area contributed by atoms with Crippen molar-refractivity contribution in [3.05, 3.63) is 23.0 Å². The molecule has 0 atom stereocenters. The minimum Gasteiger partial charge on any atom is -0.383 e. The van der Waals surface area contributed by atoms with Gasteiger partial charge in [0.1, 0.15) is 0 Å². The van der Waals surface area contributed by atoms with Gasteiger partial charge in [0.25, 0.3) is 11.6 Å². The number of carbonyl (C=O) groups is 1. The number of rotatable bonds is 8. The molecular formula is C16H24N4O3. The summed E-state index contributed by atoms with van der Waals surface area (Å²) < 4.78 is 10.2. The van der Waals surface area contributed by atoms with E-state index in [1.807, 2.05) is 26.8 Å². The summed E-state index contributed by atoms with van der Waals surface area (Å²) >= 11 is 0. The molecule has 0 saturated heterocycles. The highest BCUT2D eigenvalue weighted by atomic mass is 16.5. The highest BCUT2D eigenvalue weighted by Crippen LogP contribution is 2.24. The number of aryl methyl sites for hydroxylation is 1. The van der Waals surface area contributed by atoms with Gasteiger partial charge in [-0.2, -0.15) is 0 Å². The third-order valence-electron chi connectivity index (χ3n) is 3.54. The van der Waals surface area contributed by atoms with Crippen LogP contribution in [0.3, 0.4) is 0 Å². The molecule has 0 spiro atoms. The van der Waals surface area contributed by atoms with Gasteiger partial charge >= 0.3 is 0 Å². The van der Waals surface area contributed by atoms with Crippen LogP contribution in [0.15, 0.2) is 10.6 Å². The van der Waals surface area contributed by atoms with Gasteiger partial charge in [0, 0.05) is 32.4 Å². The Morgan fingerprint density at radius 2 is 2.13 bits per heavy atom. The van der Waals surface area contributed by atoms with E-state index in [1.54, 1.807) is 7.11 Å². The molecule has 2 aromatic rings. The molecule has 1 amide bonds. The van der Waals surface area contributed by atoms with Crippen LogP contribution >= 0.6 is 0 Å². The lowest BCUT2D eigenvalue weighted by Gasteiger charge is -2.10. The van der Waals surface area contributed by atoms with Crippen molar-refractivity contribution >= 4 is 17.0 Å². The summed E-state index contributed by atoms with van der Waals surface area (Å²) in [5.74, 6) is 0.0613. The minimum atomic E-state index is -0.140. The summed E-state index contributed by atoms with van der Waals surface area (Å²) in [5, 5.41) is 10.7. The number of amides is 1. The molecule has 23 heavy (non-hydrogen) atoms. The Bertz CT molecular complexity index is 667. The lowest BCUT2D eigenvalue weighted by atomic mass is 10.0. The number of fused-ring (bicyclic) bond motifs is 1. The Morgan fingerprint density at radius 3 is 2.83 bits per heavy atom.